The highest BCUT2D eigenvalue weighted by Crippen LogP contribution is 2.33. The summed E-state index contributed by atoms with van der Waals surface area (Å²) in [6, 6.07) is 16.3. The van der Waals surface area contributed by atoms with E-state index in [9.17, 15) is 4.79 Å². The standard InChI is InChI=1S/C19H15N3O2S/c1-2-24-16(23)11-25-19-20-17-14-9-5-3-7-12(14)13-8-4-6-10-15(13)18(17)21-22-19/h3-10H,2,11H2,1H3. The highest BCUT2D eigenvalue weighted by Gasteiger charge is 2.13. The first-order valence-corrected chi connectivity index (χ1v) is 8.99. The molecule has 4 rings (SSSR count). The van der Waals surface area contributed by atoms with Gasteiger partial charge in [0.05, 0.1) is 12.4 Å². The monoisotopic (exact) mass is 349 g/mol. The van der Waals surface area contributed by atoms with Gasteiger partial charge in [-0.05, 0) is 17.7 Å². The molecule has 0 aliphatic heterocycles. The second-order valence-corrected chi connectivity index (χ2v) is 6.42. The number of esters is 1. The lowest BCUT2D eigenvalue weighted by molar-refractivity contribution is -0.139. The number of rotatable bonds is 4. The Labute approximate surface area is 148 Å². The molecule has 5 nitrogen and oxygen atoms in total. The zero-order valence-corrected chi connectivity index (χ0v) is 14.4. The summed E-state index contributed by atoms with van der Waals surface area (Å²) in [5.41, 5.74) is 1.57. The van der Waals surface area contributed by atoms with Gasteiger partial charge in [0.1, 0.15) is 11.0 Å². The molecule has 124 valence electrons. The van der Waals surface area contributed by atoms with Gasteiger partial charge in [0.25, 0.3) is 0 Å². The van der Waals surface area contributed by atoms with Crippen molar-refractivity contribution in [1.29, 1.82) is 0 Å². The van der Waals surface area contributed by atoms with Crippen LogP contribution in [0.2, 0.25) is 0 Å². The van der Waals surface area contributed by atoms with E-state index >= 15 is 0 Å². The number of nitrogens with zero attached hydrogens (tertiary/aromatic N) is 3. The summed E-state index contributed by atoms with van der Waals surface area (Å²) in [5.74, 6) is -0.105. The molecule has 4 aromatic rings. The van der Waals surface area contributed by atoms with Gasteiger partial charge in [0, 0.05) is 10.8 Å². The first kappa shape index (κ1) is 15.8. The molecule has 1 aromatic heterocycles. The molecule has 0 saturated carbocycles. The van der Waals surface area contributed by atoms with Crippen LogP contribution in [0.1, 0.15) is 6.92 Å². The molecule has 0 amide bonds. The highest BCUT2D eigenvalue weighted by atomic mass is 32.2. The molecule has 0 radical (unpaired) electrons. The third-order valence-corrected chi connectivity index (χ3v) is 4.76. The van der Waals surface area contributed by atoms with Crippen LogP contribution in [0, 0.1) is 0 Å². The number of ether oxygens (including phenoxy) is 1. The molecule has 0 N–H and O–H groups in total. The van der Waals surface area contributed by atoms with Gasteiger partial charge in [-0.1, -0.05) is 60.3 Å². The van der Waals surface area contributed by atoms with E-state index in [4.69, 9.17) is 4.74 Å². The fourth-order valence-corrected chi connectivity index (χ4v) is 3.50. The van der Waals surface area contributed by atoms with Crippen molar-refractivity contribution in [3.05, 3.63) is 48.5 Å². The van der Waals surface area contributed by atoms with Gasteiger partial charge >= 0.3 is 5.97 Å². The SMILES string of the molecule is CCOC(=O)CSc1nnc2c3ccccc3c3ccccc3c2n1. The van der Waals surface area contributed by atoms with E-state index in [1.54, 1.807) is 6.92 Å². The Kier molecular flexibility index (Phi) is 4.19. The largest absolute Gasteiger partial charge is 0.465 e. The van der Waals surface area contributed by atoms with Crippen molar-refractivity contribution < 1.29 is 9.53 Å². The van der Waals surface area contributed by atoms with Crippen molar-refractivity contribution >= 4 is 50.3 Å². The van der Waals surface area contributed by atoms with Crippen molar-refractivity contribution in [1.82, 2.24) is 15.2 Å². The summed E-state index contributed by atoms with van der Waals surface area (Å²) in [6.45, 7) is 2.15. The van der Waals surface area contributed by atoms with Crippen LogP contribution in [0.5, 0.6) is 0 Å². The molecule has 1 heterocycles. The van der Waals surface area contributed by atoms with Gasteiger partial charge in [0.15, 0.2) is 0 Å². The predicted molar refractivity (Wildman–Crippen MR) is 99.7 cm³/mol. The topological polar surface area (TPSA) is 65.0 Å². The smallest absolute Gasteiger partial charge is 0.316 e. The van der Waals surface area contributed by atoms with Crippen LogP contribution < -0.4 is 0 Å². The Balaban J connectivity index is 1.88. The number of carbonyl (C=O) groups excluding carboxylic acids is 1. The zero-order valence-electron chi connectivity index (χ0n) is 13.6. The highest BCUT2D eigenvalue weighted by molar-refractivity contribution is 7.99. The maximum absolute atomic E-state index is 11.5. The van der Waals surface area contributed by atoms with Crippen molar-refractivity contribution in [3.8, 4) is 0 Å². The van der Waals surface area contributed by atoms with Crippen LogP contribution in [-0.2, 0) is 9.53 Å². The van der Waals surface area contributed by atoms with Crippen LogP contribution in [0.3, 0.4) is 0 Å². The number of aromatic nitrogens is 3. The summed E-state index contributed by atoms with van der Waals surface area (Å²) >= 11 is 1.24. The van der Waals surface area contributed by atoms with E-state index < -0.39 is 0 Å². The molecule has 0 aliphatic carbocycles. The lowest BCUT2D eigenvalue weighted by Gasteiger charge is -2.09. The van der Waals surface area contributed by atoms with Gasteiger partial charge in [-0.2, -0.15) is 0 Å². The number of thioether (sulfide) groups is 1. The summed E-state index contributed by atoms with van der Waals surface area (Å²) < 4.78 is 4.94. The Morgan fingerprint density at radius 1 is 0.920 bits per heavy atom. The second kappa shape index (κ2) is 6.64. The average molecular weight is 349 g/mol. The van der Waals surface area contributed by atoms with Crippen LogP contribution in [0.25, 0.3) is 32.6 Å². The molecule has 0 fully saturated rings. The van der Waals surface area contributed by atoms with Crippen molar-refractivity contribution in [3.63, 3.8) is 0 Å². The summed E-state index contributed by atoms with van der Waals surface area (Å²) in [4.78, 5) is 16.2. The van der Waals surface area contributed by atoms with E-state index in [0.717, 1.165) is 32.6 Å². The maximum Gasteiger partial charge on any atom is 0.316 e. The molecular weight excluding hydrogens is 334 g/mol. The first-order chi connectivity index (χ1) is 12.3. The van der Waals surface area contributed by atoms with Crippen LogP contribution >= 0.6 is 11.8 Å². The van der Waals surface area contributed by atoms with E-state index in [1.807, 2.05) is 36.4 Å². The molecule has 0 spiro atoms. The van der Waals surface area contributed by atoms with E-state index in [0.29, 0.717) is 11.8 Å². The summed E-state index contributed by atoms with van der Waals surface area (Å²) in [6.07, 6.45) is 0. The zero-order chi connectivity index (χ0) is 17.2. The lowest BCUT2D eigenvalue weighted by atomic mass is 10.00. The molecule has 0 bridgehead atoms. The predicted octanol–water partition coefficient (Wildman–Crippen LogP) is 3.99. The van der Waals surface area contributed by atoms with E-state index in [-0.39, 0.29) is 11.7 Å². The number of hydrogen-bond acceptors (Lipinski definition) is 6. The number of fused-ring (bicyclic) bond motifs is 6. The Bertz CT molecular complexity index is 1060. The van der Waals surface area contributed by atoms with E-state index in [2.05, 4.69) is 27.3 Å². The molecule has 0 saturated heterocycles. The normalized spacial score (nSPS) is 11.2. The first-order valence-electron chi connectivity index (χ1n) is 8.00. The van der Waals surface area contributed by atoms with Gasteiger partial charge in [-0.25, -0.2) is 4.98 Å². The van der Waals surface area contributed by atoms with Crippen LogP contribution in [0.15, 0.2) is 53.7 Å². The molecular formula is C19H15N3O2S. The number of carbonyl (C=O) groups is 1. The third kappa shape index (κ3) is 2.89. The minimum absolute atomic E-state index is 0.173. The van der Waals surface area contributed by atoms with E-state index in [1.165, 1.54) is 11.8 Å². The van der Waals surface area contributed by atoms with Crippen LogP contribution in [0.4, 0.5) is 0 Å². The maximum atomic E-state index is 11.5. The Morgan fingerprint density at radius 3 is 2.16 bits per heavy atom. The molecule has 6 heteroatoms. The Hall–Kier alpha value is -2.73. The third-order valence-electron chi connectivity index (χ3n) is 3.95. The summed E-state index contributed by atoms with van der Waals surface area (Å²) in [5, 5.41) is 13.4. The Morgan fingerprint density at radius 2 is 1.52 bits per heavy atom. The number of benzene rings is 3. The van der Waals surface area contributed by atoms with Gasteiger partial charge < -0.3 is 4.74 Å². The fourth-order valence-electron chi connectivity index (χ4n) is 2.92. The molecule has 0 atom stereocenters. The van der Waals surface area contributed by atoms with Gasteiger partial charge in [0.2, 0.25) is 5.16 Å². The lowest BCUT2D eigenvalue weighted by Crippen LogP contribution is -2.07. The second-order valence-electron chi connectivity index (χ2n) is 5.48. The average Bonchev–Trinajstić information content (AvgIpc) is 2.67. The number of hydrogen-bond donors (Lipinski definition) is 0. The van der Waals surface area contributed by atoms with Crippen LogP contribution in [-0.4, -0.2) is 33.5 Å². The van der Waals surface area contributed by atoms with Crippen molar-refractivity contribution in [2.45, 2.75) is 12.1 Å². The molecule has 25 heavy (non-hydrogen) atoms. The minimum Gasteiger partial charge on any atom is -0.465 e. The fraction of sp³-hybridized carbons (Fsp3) is 0.158. The molecule has 0 aliphatic rings. The van der Waals surface area contributed by atoms with Gasteiger partial charge in [-0.3, -0.25) is 4.79 Å². The minimum atomic E-state index is -0.278. The quantitative estimate of drug-likeness (QED) is 0.315. The van der Waals surface area contributed by atoms with Crippen molar-refractivity contribution in [2.75, 3.05) is 12.4 Å². The van der Waals surface area contributed by atoms with Crippen molar-refractivity contribution in [2.24, 2.45) is 0 Å². The van der Waals surface area contributed by atoms with Gasteiger partial charge in [-0.15, -0.1) is 10.2 Å². The summed E-state index contributed by atoms with van der Waals surface area (Å²) in [7, 11) is 0. The molecule has 0 unspecified atom stereocenters. The molecule has 3 aromatic carbocycles.